The van der Waals surface area contributed by atoms with E-state index < -0.39 is 0 Å². The molecule has 2 fully saturated rings. The molecule has 92 valence electrons. The molecule has 1 N–H and O–H groups in total. The maximum absolute atomic E-state index is 10.2. The third-order valence-corrected chi connectivity index (χ3v) is 4.68. The van der Waals surface area contributed by atoms with Gasteiger partial charge in [-0.05, 0) is 51.5 Å². The minimum Gasteiger partial charge on any atom is -0.393 e. The van der Waals surface area contributed by atoms with Crippen molar-refractivity contribution in [3.05, 3.63) is 12.2 Å². The van der Waals surface area contributed by atoms with Crippen LogP contribution in [0.2, 0.25) is 0 Å². The summed E-state index contributed by atoms with van der Waals surface area (Å²) in [5.74, 6) is 0.511. The SMILES string of the molecule is C=C(CC)CC(O)C1CC2CCC(C1)N2C. The van der Waals surface area contributed by atoms with E-state index in [1.54, 1.807) is 0 Å². The fourth-order valence-corrected chi connectivity index (χ4v) is 3.37. The summed E-state index contributed by atoms with van der Waals surface area (Å²) in [4.78, 5) is 2.53. The predicted molar refractivity (Wildman–Crippen MR) is 67.4 cm³/mol. The van der Waals surface area contributed by atoms with Crippen LogP contribution in [0.25, 0.3) is 0 Å². The molecule has 16 heavy (non-hydrogen) atoms. The second-order valence-electron chi connectivity index (χ2n) is 5.66. The van der Waals surface area contributed by atoms with E-state index in [1.807, 2.05) is 0 Å². The third-order valence-electron chi connectivity index (χ3n) is 4.68. The van der Waals surface area contributed by atoms with Crippen molar-refractivity contribution in [1.82, 2.24) is 4.90 Å². The van der Waals surface area contributed by atoms with Crippen molar-refractivity contribution in [3.63, 3.8) is 0 Å². The lowest BCUT2D eigenvalue weighted by atomic mass is 9.84. The van der Waals surface area contributed by atoms with Crippen molar-refractivity contribution in [2.45, 2.75) is 63.6 Å². The number of aliphatic hydroxyl groups excluding tert-OH is 1. The number of nitrogens with zero attached hydrogens (tertiary/aromatic N) is 1. The molecule has 0 saturated carbocycles. The van der Waals surface area contributed by atoms with Gasteiger partial charge in [-0.25, -0.2) is 0 Å². The average Bonchev–Trinajstić information content (AvgIpc) is 2.53. The summed E-state index contributed by atoms with van der Waals surface area (Å²) in [6.07, 6.45) is 6.69. The van der Waals surface area contributed by atoms with Crippen LogP contribution in [0.1, 0.15) is 45.4 Å². The Bertz CT molecular complexity index is 249. The van der Waals surface area contributed by atoms with Crippen molar-refractivity contribution >= 4 is 0 Å². The maximum Gasteiger partial charge on any atom is 0.0606 e. The van der Waals surface area contributed by atoms with Gasteiger partial charge >= 0.3 is 0 Å². The Morgan fingerprint density at radius 3 is 2.44 bits per heavy atom. The molecular formula is C14H25NO. The Morgan fingerprint density at radius 1 is 1.38 bits per heavy atom. The summed E-state index contributed by atoms with van der Waals surface area (Å²) < 4.78 is 0. The van der Waals surface area contributed by atoms with E-state index in [1.165, 1.54) is 31.3 Å². The summed E-state index contributed by atoms with van der Waals surface area (Å²) >= 11 is 0. The second kappa shape index (κ2) is 4.89. The zero-order valence-electron chi connectivity index (χ0n) is 10.7. The van der Waals surface area contributed by atoms with Crippen LogP contribution in [-0.4, -0.2) is 35.2 Å². The first kappa shape index (κ1) is 12.1. The molecule has 2 rings (SSSR count). The molecule has 2 nitrogen and oxygen atoms in total. The Labute approximate surface area is 99.3 Å². The first-order valence-electron chi connectivity index (χ1n) is 6.68. The molecule has 2 saturated heterocycles. The first-order chi connectivity index (χ1) is 7.61. The average molecular weight is 223 g/mol. The number of piperidine rings is 1. The fourth-order valence-electron chi connectivity index (χ4n) is 3.37. The maximum atomic E-state index is 10.2. The van der Waals surface area contributed by atoms with E-state index in [0.29, 0.717) is 5.92 Å². The number of hydrogen-bond donors (Lipinski definition) is 1. The Kier molecular flexibility index (Phi) is 3.70. The molecule has 0 aliphatic carbocycles. The molecule has 0 spiro atoms. The molecule has 0 aromatic carbocycles. The van der Waals surface area contributed by atoms with Crippen molar-refractivity contribution < 1.29 is 5.11 Å². The van der Waals surface area contributed by atoms with Gasteiger partial charge in [0.25, 0.3) is 0 Å². The van der Waals surface area contributed by atoms with Gasteiger partial charge in [-0.1, -0.05) is 19.1 Å². The molecule has 2 heterocycles. The molecule has 2 heteroatoms. The number of aliphatic hydroxyl groups is 1. The monoisotopic (exact) mass is 223 g/mol. The molecule has 2 aliphatic rings. The van der Waals surface area contributed by atoms with Crippen molar-refractivity contribution in [2.24, 2.45) is 5.92 Å². The molecule has 0 radical (unpaired) electrons. The van der Waals surface area contributed by atoms with E-state index in [9.17, 15) is 5.11 Å². The van der Waals surface area contributed by atoms with Crippen molar-refractivity contribution in [2.75, 3.05) is 7.05 Å². The quantitative estimate of drug-likeness (QED) is 0.740. The number of fused-ring (bicyclic) bond motifs is 2. The van der Waals surface area contributed by atoms with Crippen LogP contribution >= 0.6 is 0 Å². The van der Waals surface area contributed by atoms with E-state index in [4.69, 9.17) is 0 Å². The van der Waals surface area contributed by atoms with Gasteiger partial charge in [-0.15, -0.1) is 0 Å². The van der Waals surface area contributed by atoms with E-state index in [0.717, 1.165) is 24.9 Å². The highest BCUT2D eigenvalue weighted by Crippen LogP contribution is 2.39. The first-order valence-corrected chi connectivity index (χ1v) is 6.68. The van der Waals surface area contributed by atoms with Gasteiger partial charge in [0.1, 0.15) is 0 Å². The minimum atomic E-state index is -0.149. The van der Waals surface area contributed by atoms with Crippen LogP contribution in [0, 0.1) is 5.92 Å². The lowest BCUT2D eigenvalue weighted by Gasteiger charge is -2.38. The molecule has 2 bridgehead atoms. The van der Waals surface area contributed by atoms with Gasteiger partial charge in [0.05, 0.1) is 6.10 Å². The Morgan fingerprint density at radius 2 is 1.94 bits per heavy atom. The third kappa shape index (κ3) is 2.33. The van der Waals surface area contributed by atoms with Crippen molar-refractivity contribution in [3.8, 4) is 0 Å². The summed E-state index contributed by atoms with van der Waals surface area (Å²) in [6.45, 7) is 6.12. The highest BCUT2D eigenvalue weighted by atomic mass is 16.3. The van der Waals surface area contributed by atoms with E-state index in [2.05, 4.69) is 25.5 Å². The predicted octanol–water partition coefficient (Wildman–Crippen LogP) is 2.58. The highest BCUT2D eigenvalue weighted by molar-refractivity contribution is 5.00. The Hall–Kier alpha value is -0.340. The van der Waals surface area contributed by atoms with Gasteiger partial charge in [0, 0.05) is 12.1 Å². The van der Waals surface area contributed by atoms with Crippen LogP contribution in [0.3, 0.4) is 0 Å². The zero-order chi connectivity index (χ0) is 11.7. The zero-order valence-corrected chi connectivity index (χ0v) is 10.7. The molecule has 3 atom stereocenters. The van der Waals surface area contributed by atoms with Gasteiger partial charge in [-0.2, -0.15) is 0 Å². The van der Waals surface area contributed by atoms with Crippen LogP contribution in [0.15, 0.2) is 12.2 Å². The summed E-state index contributed by atoms with van der Waals surface area (Å²) in [6, 6.07) is 1.46. The summed E-state index contributed by atoms with van der Waals surface area (Å²) in [7, 11) is 2.25. The molecule has 2 aliphatic heterocycles. The molecule has 0 amide bonds. The molecule has 3 unspecified atom stereocenters. The lowest BCUT2D eigenvalue weighted by Crippen LogP contribution is -2.43. The van der Waals surface area contributed by atoms with E-state index in [-0.39, 0.29) is 6.10 Å². The second-order valence-corrected chi connectivity index (χ2v) is 5.66. The smallest absolute Gasteiger partial charge is 0.0606 e. The molecular weight excluding hydrogens is 198 g/mol. The largest absolute Gasteiger partial charge is 0.393 e. The summed E-state index contributed by atoms with van der Waals surface area (Å²) in [5.41, 5.74) is 1.19. The van der Waals surface area contributed by atoms with Gasteiger partial charge in [-0.3, -0.25) is 0 Å². The number of hydrogen-bond acceptors (Lipinski definition) is 2. The standard InChI is InChI=1S/C14H25NO/c1-4-10(2)7-14(16)11-8-12-5-6-13(9-11)15(12)3/h11-14,16H,2,4-9H2,1,3H3. The van der Waals surface area contributed by atoms with Crippen LogP contribution in [0.4, 0.5) is 0 Å². The minimum absolute atomic E-state index is 0.149. The fraction of sp³-hybridized carbons (Fsp3) is 0.857. The van der Waals surface area contributed by atoms with Gasteiger partial charge in [0.15, 0.2) is 0 Å². The van der Waals surface area contributed by atoms with Gasteiger partial charge in [0.2, 0.25) is 0 Å². The highest BCUT2D eigenvalue weighted by Gasteiger charge is 2.40. The molecule has 0 aromatic rings. The topological polar surface area (TPSA) is 23.5 Å². The van der Waals surface area contributed by atoms with Gasteiger partial charge < -0.3 is 10.0 Å². The van der Waals surface area contributed by atoms with Crippen molar-refractivity contribution in [1.29, 1.82) is 0 Å². The van der Waals surface area contributed by atoms with E-state index >= 15 is 0 Å². The number of rotatable bonds is 4. The van der Waals surface area contributed by atoms with Crippen LogP contribution in [0.5, 0.6) is 0 Å². The Balaban J connectivity index is 1.89. The lowest BCUT2D eigenvalue weighted by molar-refractivity contribution is 0.0365. The van der Waals surface area contributed by atoms with Crippen LogP contribution < -0.4 is 0 Å². The normalized spacial score (nSPS) is 36.3. The summed E-state index contributed by atoms with van der Waals surface area (Å²) in [5, 5.41) is 10.2. The molecule has 0 aromatic heterocycles. The van der Waals surface area contributed by atoms with Crippen LogP contribution in [-0.2, 0) is 0 Å².